The fraction of sp³-hybridized carbons (Fsp3) is 0.609. The van der Waals surface area contributed by atoms with Crippen LogP contribution in [0.3, 0.4) is 0 Å². The van der Waals surface area contributed by atoms with E-state index in [2.05, 4.69) is 44.7 Å². The Hall–Kier alpha value is -1.57. The van der Waals surface area contributed by atoms with Crippen LogP contribution >= 0.6 is 0 Å². The predicted molar refractivity (Wildman–Crippen MR) is 105 cm³/mol. The van der Waals surface area contributed by atoms with Crippen LogP contribution in [-0.2, 0) is 4.79 Å². The Morgan fingerprint density at radius 3 is 2.60 bits per heavy atom. The molecule has 2 nitrogen and oxygen atoms in total. The molecule has 1 aromatic rings. The lowest BCUT2D eigenvalue weighted by Crippen LogP contribution is -2.38. The number of hydrogen-bond donors (Lipinski definition) is 0. The van der Waals surface area contributed by atoms with Gasteiger partial charge in [0.2, 0.25) is 5.91 Å². The van der Waals surface area contributed by atoms with E-state index in [0.717, 1.165) is 24.9 Å². The molecule has 0 radical (unpaired) electrons. The number of hydrogen-bond acceptors (Lipinski definition) is 1. The molecule has 1 saturated carbocycles. The number of carbonyl (C=O) groups excluding carboxylic acids is 1. The first-order valence-corrected chi connectivity index (χ1v) is 9.95. The van der Waals surface area contributed by atoms with Crippen LogP contribution in [0.2, 0.25) is 0 Å². The fourth-order valence-electron chi connectivity index (χ4n) is 4.68. The maximum Gasteiger partial charge on any atom is 0.247 e. The largest absolute Gasteiger partial charge is 0.335 e. The first-order valence-electron chi connectivity index (χ1n) is 9.95. The summed E-state index contributed by atoms with van der Waals surface area (Å²) in [5.74, 6) is 2.35. The van der Waals surface area contributed by atoms with Crippen molar-refractivity contribution >= 4 is 11.5 Å². The van der Waals surface area contributed by atoms with Crippen LogP contribution in [0.5, 0.6) is 0 Å². The van der Waals surface area contributed by atoms with Gasteiger partial charge in [0.15, 0.2) is 0 Å². The summed E-state index contributed by atoms with van der Waals surface area (Å²) in [5.41, 5.74) is 2.72. The molecule has 0 bridgehead atoms. The zero-order valence-corrected chi connectivity index (χ0v) is 16.3. The van der Waals surface area contributed by atoms with Gasteiger partial charge in [0, 0.05) is 19.2 Å². The van der Waals surface area contributed by atoms with Crippen LogP contribution in [-0.4, -0.2) is 23.9 Å². The SMILES string of the molecule is CC(C)CCC1(C)C(C)CCC1CN1CC(c2ccccc2)=CC1=O. The maximum absolute atomic E-state index is 12.6. The van der Waals surface area contributed by atoms with E-state index in [1.807, 2.05) is 24.3 Å². The molecule has 0 N–H and O–H groups in total. The Labute approximate surface area is 153 Å². The highest BCUT2D eigenvalue weighted by Crippen LogP contribution is 2.51. The molecular weight excluding hydrogens is 306 g/mol. The highest BCUT2D eigenvalue weighted by Gasteiger charge is 2.45. The van der Waals surface area contributed by atoms with Crippen molar-refractivity contribution in [1.82, 2.24) is 4.90 Å². The third kappa shape index (κ3) is 3.83. The highest BCUT2D eigenvalue weighted by atomic mass is 16.2. The number of rotatable bonds is 6. The number of amides is 1. The zero-order valence-electron chi connectivity index (χ0n) is 16.3. The summed E-state index contributed by atoms with van der Waals surface area (Å²) in [7, 11) is 0. The molecule has 136 valence electrons. The lowest BCUT2D eigenvalue weighted by Gasteiger charge is -2.38. The molecule has 0 spiro atoms. The summed E-state index contributed by atoms with van der Waals surface area (Å²) in [6, 6.07) is 10.3. The van der Waals surface area contributed by atoms with Crippen molar-refractivity contribution in [3.05, 3.63) is 42.0 Å². The molecule has 1 aliphatic heterocycles. The molecule has 25 heavy (non-hydrogen) atoms. The molecule has 0 aromatic heterocycles. The van der Waals surface area contributed by atoms with E-state index < -0.39 is 0 Å². The lowest BCUT2D eigenvalue weighted by molar-refractivity contribution is -0.125. The highest BCUT2D eigenvalue weighted by molar-refractivity contribution is 6.00. The van der Waals surface area contributed by atoms with Crippen molar-refractivity contribution in [3.63, 3.8) is 0 Å². The Kier molecular flexibility index (Phi) is 5.36. The molecule has 3 atom stereocenters. The van der Waals surface area contributed by atoms with Crippen molar-refractivity contribution < 1.29 is 4.79 Å². The number of nitrogens with zero attached hydrogens (tertiary/aromatic N) is 1. The van der Waals surface area contributed by atoms with Crippen LogP contribution in [0.25, 0.3) is 5.57 Å². The number of carbonyl (C=O) groups is 1. The molecule has 1 aromatic carbocycles. The minimum absolute atomic E-state index is 0.199. The van der Waals surface area contributed by atoms with E-state index >= 15 is 0 Å². The Bertz CT molecular complexity index is 633. The molecule has 1 amide bonds. The summed E-state index contributed by atoms with van der Waals surface area (Å²) < 4.78 is 0. The van der Waals surface area contributed by atoms with E-state index in [1.54, 1.807) is 0 Å². The van der Waals surface area contributed by atoms with Crippen LogP contribution < -0.4 is 0 Å². The van der Waals surface area contributed by atoms with Crippen LogP contribution in [0.1, 0.15) is 58.9 Å². The van der Waals surface area contributed by atoms with Crippen LogP contribution in [0, 0.1) is 23.2 Å². The van der Waals surface area contributed by atoms with Gasteiger partial charge >= 0.3 is 0 Å². The lowest BCUT2D eigenvalue weighted by atomic mass is 9.70. The molecule has 2 aliphatic rings. The fourth-order valence-corrected chi connectivity index (χ4v) is 4.68. The van der Waals surface area contributed by atoms with Crippen molar-refractivity contribution in [2.24, 2.45) is 23.2 Å². The molecule has 1 aliphatic carbocycles. The monoisotopic (exact) mass is 339 g/mol. The second-order valence-electron chi connectivity index (χ2n) is 8.87. The molecule has 3 unspecified atom stereocenters. The maximum atomic E-state index is 12.6. The third-order valence-corrected chi connectivity index (χ3v) is 6.82. The van der Waals surface area contributed by atoms with Gasteiger partial charge in [-0.3, -0.25) is 4.79 Å². The molecule has 1 heterocycles. The van der Waals surface area contributed by atoms with E-state index in [-0.39, 0.29) is 5.91 Å². The van der Waals surface area contributed by atoms with Crippen LogP contribution in [0.4, 0.5) is 0 Å². The molecule has 1 fully saturated rings. The van der Waals surface area contributed by atoms with Crippen LogP contribution in [0.15, 0.2) is 36.4 Å². The third-order valence-electron chi connectivity index (χ3n) is 6.82. The van der Waals surface area contributed by atoms with E-state index in [9.17, 15) is 4.79 Å². The summed E-state index contributed by atoms with van der Waals surface area (Å²) >= 11 is 0. The van der Waals surface area contributed by atoms with E-state index in [4.69, 9.17) is 0 Å². The van der Waals surface area contributed by atoms with Crippen molar-refractivity contribution in [3.8, 4) is 0 Å². The number of benzene rings is 1. The van der Waals surface area contributed by atoms with Gasteiger partial charge in [-0.2, -0.15) is 0 Å². The average molecular weight is 340 g/mol. The van der Waals surface area contributed by atoms with Gasteiger partial charge in [-0.1, -0.05) is 64.4 Å². The van der Waals surface area contributed by atoms with Gasteiger partial charge < -0.3 is 4.90 Å². The minimum Gasteiger partial charge on any atom is -0.335 e. The topological polar surface area (TPSA) is 20.3 Å². The predicted octanol–water partition coefficient (Wildman–Crippen LogP) is 5.40. The van der Waals surface area contributed by atoms with Crippen molar-refractivity contribution in [2.75, 3.05) is 13.1 Å². The normalized spacial score (nSPS) is 29.6. The zero-order chi connectivity index (χ0) is 18.0. The van der Waals surface area contributed by atoms with Gasteiger partial charge in [0.25, 0.3) is 0 Å². The van der Waals surface area contributed by atoms with Gasteiger partial charge in [0.05, 0.1) is 0 Å². The quantitative estimate of drug-likeness (QED) is 0.679. The molecule has 0 saturated heterocycles. The summed E-state index contributed by atoms with van der Waals surface area (Å²) in [6.45, 7) is 11.2. The Morgan fingerprint density at radius 1 is 1.20 bits per heavy atom. The molecule has 3 rings (SSSR count). The molecular formula is C23H33NO. The summed E-state index contributed by atoms with van der Waals surface area (Å²) in [6.07, 6.45) is 7.00. The first kappa shape index (κ1) is 18.2. The van der Waals surface area contributed by atoms with Crippen molar-refractivity contribution in [1.29, 1.82) is 0 Å². The van der Waals surface area contributed by atoms with E-state index in [0.29, 0.717) is 11.3 Å². The average Bonchev–Trinajstić information content (AvgIpc) is 3.09. The van der Waals surface area contributed by atoms with Crippen molar-refractivity contribution in [2.45, 2.75) is 53.4 Å². The second-order valence-corrected chi connectivity index (χ2v) is 8.87. The minimum atomic E-state index is 0.199. The van der Waals surface area contributed by atoms with Gasteiger partial charge in [-0.25, -0.2) is 0 Å². The van der Waals surface area contributed by atoms with E-state index in [1.165, 1.54) is 36.8 Å². The smallest absolute Gasteiger partial charge is 0.247 e. The standard InChI is InChI=1S/C23H33NO/c1-17(2)12-13-23(4)18(3)10-11-21(23)16-24-15-20(14-22(24)25)19-8-6-5-7-9-19/h5-9,14,17-18,21H,10-13,15-16H2,1-4H3. The summed E-state index contributed by atoms with van der Waals surface area (Å²) in [4.78, 5) is 14.6. The van der Waals surface area contributed by atoms with Gasteiger partial charge in [-0.15, -0.1) is 0 Å². The Balaban J connectivity index is 1.67. The van der Waals surface area contributed by atoms with Gasteiger partial charge in [-0.05, 0) is 53.6 Å². The Morgan fingerprint density at radius 2 is 1.92 bits per heavy atom. The van der Waals surface area contributed by atoms with Gasteiger partial charge in [0.1, 0.15) is 0 Å². The first-order chi connectivity index (χ1) is 11.9. The molecule has 2 heteroatoms. The summed E-state index contributed by atoms with van der Waals surface area (Å²) in [5, 5.41) is 0. The second kappa shape index (κ2) is 7.35.